The molecule has 0 spiro atoms. The summed E-state index contributed by atoms with van der Waals surface area (Å²) in [5, 5.41) is 28.1. The number of ether oxygens (including phenoxy) is 3. The van der Waals surface area contributed by atoms with Crippen LogP contribution in [0.5, 0.6) is 0 Å². The Balaban J connectivity index is 1.27. The van der Waals surface area contributed by atoms with Crippen molar-refractivity contribution >= 4 is 23.5 Å². The van der Waals surface area contributed by atoms with Gasteiger partial charge >= 0.3 is 5.97 Å². The summed E-state index contributed by atoms with van der Waals surface area (Å²) in [6, 6.07) is 24.9. The van der Waals surface area contributed by atoms with Gasteiger partial charge in [0.05, 0.1) is 48.5 Å². The van der Waals surface area contributed by atoms with Crippen LogP contribution in [0.4, 0.5) is 10.1 Å². The Labute approximate surface area is 347 Å². The SMILES string of the molecule is CC(C)c1c(C(=O)Nc2ccccc2)c(-c2ccccc2)c(-c2ccc(F)cc2)n1CCC(O)CC(O)CC(=O)NCCC1CC(CC(=O)OC(C)(C)C)OC(C)(C)O1. The molecule has 4 atom stereocenters. The molecule has 12 heteroatoms. The van der Waals surface area contributed by atoms with E-state index in [0.29, 0.717) is 40.9 Å². The number of aliphatic hydroxyl groups excluding tert-OH is 2. The first-order valence-corrected chi connectivity index (χ1v) is 20.5. The van der Waals surface area contributed by atoms with Crippen LogP contribution in [0.2, 0.25) is 0 Å². The minimum Gasteiger partial charge on any atom is -0.460 e. The maximum Gasteiger partial charge on any atom is 0.308 e. The van der Waals surface area contributed by atoms with E-state index < -0.39 is 35.5 Å². The molecule has 1 aromatic heterocycles. The number of rotatable bonds is 17. The number of aliphatic hydroxyl groups is 2. The maximum atomic E-state index is 14.3. The molecule has 318 valence electrons. The topological polar surface area (TPSA) is 148 Å². The lowest BCUT2D eigenvalue weighted by atomic mass is 9.94. The van der Waals surface area contributed by atoms with Crippen molar-refractivity contribution in [3.63, 3.8) is 0 Å². The molecule has 4 aromatic rings. The molecule has 1 fully saturated rings. The highest BCUT2D eigenvalue weighted by atomic mass is 19.1. The van der Waals surface area contributed by atoms with Crippen LogP contribution in [0.3, 0.4) is 0 Å². The van der Waals surface area contributed by atoms with Crippen LogP contribution in [0.15, 0.2) is 84.9 Å². The predicted molar refractivity (Wildman–Crippen MR) is 226 cm³/mol. The number of halogens is 1. The third kappa shape index (κ3) is 13.1. The first-order valence-electron chi connectivity index (χ1n) is 20.5. The summed E-state index contributed by atoms with van der Waals surface area (Å²) in [6.45, 7) is 13.6. The summed E-state index contributed by atoms with van der Waals surface area (Å²) in [6.07, 6.45) is -1.78. The number of carbonyl (C=O) groups excluding carboxylic acids is 3. The van der Waals surface area contributed by atoms with E-state index in [2.05, 4.69) is 10.6 Å². The van der Waals surface area contributed by atoms with Crippen LogP contribution in [0.1, 0.15) is 109 Å². The Morgan fingerprint density at radius 2 is 1.53 bits per heavy atom. The zero-order chi connectivity index (χ0) is 42.9. The zero-order valence-corrected chi connectivity index (χ0v) is 35.3. The molecule has 1 aliphatic rings. The molecular weight excluding hydrogens is 754 g/mol. The summed E-state index contributed by atoms with van der Waals surface area (Å²) < 4.78 is 33.8. The molecule has 59 heavy (non-hydrogen) atoms. The molecule has 1 saturated heterocycles. The number of aromatic nitrogens is 1. The first kappa shape index (κ1) is 45.2. The second kappa shape index (κ2) is 19.9. The largest absolute Gasteiger partial charge is 0.460 e. The number of anilines is 1. The smallest absolute Gasteiger partial charge is 0.308 e. The normalized spacial score (nSPS) is 17.6. The number of hydrogen-bond donors (Lipinski definition) is 4. The number of benzene rings is 3. The van der Waals surface area contributed by atoms with E-state index in [-0.39, 0.29) is 68.6 Å². The number of para-hydroxylation sites is 1. The van der Waals surface area contributed by atoms with Crippen molar-refractivity contribution in [2.75, 3.05) is 11.9 Å². The molecule has 0 bridgehead atoms. The van der Waals surface area contributed by atoms with E-state index >= 15 is 0 Å². The van der Waals surface area contributed by atoms with Gasteiger partial charge in [-0.05, 0) is 107 Å². The van der Waals surface area contributed by atoms with Gasteiger partial charge in [0, 0.05) is 36.5 Å². The highest BCUT2D eigenvalue weighted by molar-refractivity contribution is 6.12. The van der Waals surface area contributed by atoms with Crippen molar-refractivity contribution in [1.82, 2.24) is 9.88 Å². The lowest BCUT2D eigenvalue weighted by Gasteiger charge is -2.40. The number of nitrogens with one attached hydrogen (secondary N) is 2. The Morgan fingerprint density at radius 3 is 2.15 bits per heavy atom. The fraction of sp³-hybridized carbons (Fsp3) is 0.468. The number of carbonyl (C=O) groups is 3. The van der Waals surface area contributed by atoms with Gasteiger partial charge in [-0.15, -0.1) is 0 Å². The minimum absolute atomic E-state index is 0.0475. The molecule has 2 amide bonds. The predicted octanol–water partition coefficient (Wildman–Crippen LogP) is 8.38. The molecular formula is C47H60FN3O8. The van der Waals surface area contributed by atoms with Crippen LogP contribution in [-0.4, -0.2) is 74.9 Å². The second-order valence-electron chi connectivity index (χ2n) is 17.1. The Morgan fingerprint density at radius 1 is 0.898 bits per heavy atom. The fourth-order valence-corrected chi connectivity index (χ4v) is 7.75. The Kier molecular flexibility index (Phi) is 15.3. The lowest BCUT2D eigenvalue weighted by molar-refractivity contribution is -0.300. The van der Waals surface area contributed by atoms with Crippen LogP contribution in [0, 0.1) is 5.82 Å². The van der Waals surface area contributed by atoms with E-state index in [9.17, 15) is 29.0 Å². The standard InChI is InChI=1S/C47H60FN3O8/c1-30(2)43-42(45(56)50-34-16-12-9-13-17-34)41(31-14-10-8-11-15-31)44(32-18-20-33(48)21-19-32)51(43)25-23-35(52)26-36(53)27-39(54)49-24-22-37-28-38(58-47(6,7)57-37)29-40(55)59-46(3,4)5/h8-21,30,35-38,52-53H,22-29H2,1-7H3,(H,49,54)(H,50,56). The van der Waals surface area contributed by atoms with Gasteiger partial charge in [0.1, 0.15) is 11.4 Å². The van der Waals surface area contributed by atoms with E-state index in [1.165, 1.54) is 12.1 Å². The molecule has 11 nitrogen and oxygen atoms in total. The molecule has 2 heterocycles. The van der Waals surface area contributed by atoms with Crippen LogP contribution < -0.4 is 10.6 Å². The van der Waals surface area contributed by atoms with E-state index in [1.54, 1.807) is 26.0 Å². The summed E-state index contributed by atoms with van der Waals surface area (Å²) in [4.78, 5) is 39.7. The molecule has 4 N–H and O–H groups in total. The highest BCUT2D eigenvalue weighted by Gasteiger charge is 2.37. The van der Waals surface area contributed by atoms with Gasteiger partial charge in [0.25, 0.3) is 5.91 Å². The molecule has 0 aliphatic carbocycles. The number of esters is 1. The van der Waals surface area contributed by atoms with Crippen molar-refractivity contribution < 1.29 is 43.2 Å². The van der Waals surface area contributed by atoms with Crippen LogP contribution in [-0.2, 0) is 30.3 Å². The summed E-state index contributed by atoms with van der Waals surface area (Å²) >= 11 is 0. The zero-order valence-electron chi connectivity index (χ0n) is 35.3. The third-order valence-electron chi connectivity index (χ3n) is 9.97. The Hall–Kier alpha value is -4.88. The van der Waals surface area contributed by atoms with Crippen molar-refractivity contribution in [3.8, 4) is 22.4 Å². The molecule has 1 aliphatic heterocycles. The molecule has 5 rings (SSSR count). The summed E-state index contributed by atoms with van der Waals surface area (Å²) in [7, 11) is 0. The van der Waals surface area contributed by atoms with E-state index in [1.807, 2.05) is 99.8 Å². The van der Waals surface area contributed by atoms with Crippen molar-refractivity contribution in [3.05, 3.63) is 102 Å². The Bertz CT molecular complexity index is 2010. The average Bonchev–Trinajstić information content (AvgIpc) is 3.49. The first-order chi connectivity index (χ1) is 27.9. The van der Waals surface area contributed by atoms with Crippen LogP contribution in [0.25, 0.3) is 22.4 Å². The van der Waals surface area contributed by atoms with E-state index in [0.717, 1.165) is 11.3 Å². The van der Waals surface area contributed by atoms with Gasteiger partial charge in [-0.1, -0.05) is 62.4 Å². The van der Waals surface area contributed by atoms with Crippen LogP contribution >= 0.6 is 0 Å². The van der Waals surface area contributed by atoms with Gasteiger partial charge < -0.3 is 39.6 Å². The van der Waals surface area contributed by atoms with Gasteiger partial charge in [-0.3, -0.25) is 14.4 Å². The number of amides is 2. The highest BCUT2D eigenvalue weighted by Crippen LogP contribution is 2.43. The minimum atomic E-state index is -1.11. The second-order valence-corrected chi connectivity index (χ2v) is 17.1. The van der Waals surface area contributed by atoms with Crippen molar-refractivity contribution in [2.45, 2.75) is 135 Å². The molecule has 3 aromatic carbocycles. The monoisotopic (exact) mass is 813 g/mol. The molecule has 0 saturated carbocycles. The number of hydrogen-bond acceptors (Lipinski definition) is 8. The maximum absolute atomic E-state index is 14.3. The number of nitrogens with zero attached hydrogens (tertiary/aromatic N) is 1. The van der Waals surface area contributed by atoms with Gasteiger partial charge in [0.15, 0.2) is 5.79 Å². The molecule has 4 unspecified atom stereocenters. The van der Waals surface area contributed by atoms with Gasteiger partial charge in [-0.25, -0.2) is 4.39 Å². The van der Waals surface area contributed by atoms with Crippen molar-refractivity contribution in [1.29, 1.82) is 0 Å². The summed E-state index contributed by atoms with van der Waals surface area (Å²) in [5.41, 5.74) is 4.17. The quantitative estimate of drug-likeness (QED) is 0.0778. The average molecular weight is 814 g/mol. The fourth-order valence-electron chi connectivity index (χ4n) is 7.75. The lowest BCUT2D eigenvalue weighted by Crippen LogP contribution is -2.46. The van der Waals surface area contributed by atoms with Gasteiger partial charge in [-0.2, -0.15) is 0 Å². The van der Waals surface area contributed by atoms with Gasteiger partial charge in [0.2, 0.25) is 5.91 Å². The van der Waals surface area contributed by atoms with Crippen molar-refractivity contribution in [2.24, 2.45) is 0 Å². The molecule has 0 radical (unpaired) electrons. The third-order valence-corrected chi connectivity index (χ3v) is 9.97. The summed E-state index contributed by atoms with van der Waals surface area (Å²) in [5.74, 6) is -2.45. The van der Waals surface area contributed by atoms with E-state index in [4.69, 9.17) is 14.2 Å².